The predicted octanol–water partition coefficient (Wildman–Crippen LogP) is 1.44. The van der Waals surface area contributed by atoms with Crippen molar-refractivity contribution in [2.75, 3.05) is 12.0 Å². The molecule has 8 nitrogen and oxygen atoms in total. The van der Waals surface area contributed by atoms with Gasteiger partial charge in [-0.1, -0.05) is 12.2 Å². The first kappa shape index (κ1) is 14.8. The molecule has 0 radical (unpaired) electrons. The molecule has 3 heterocycles. The van der Waals surface area contributed by atoms with Crippen molar-refractivity contribution in [3.63, 3.8) is 0 Å². The molecular weight excluding hydrogens is 316 g/mol. The Morgan fingerprint density at radius 2 is 2.08 bits per heavy atom. The molecule has 4 atom stereocenters. The Hall–Kier alpha value is -2.74. The Balaban J connectivity index is 1.81. The van der Waals surface area contributed by atoms with Gasteiger partial charge in [-0.25, -0.2) is 4.90 Å². The van der Waals surface area contributed by atoms with Crippen LogP contribution in [-0.4, -0.2) is 35.6 Å². The lowest BCUT2D eigenvalue weighted by Gasteiger charge is -2.24. The van der Waals surface area contributed by atoms with Gasteiger partial charge in [0.25, 0.3) is 5.69 Å². The second kappa shape index (κ2) is 4.64. The van der Waals surface area contributed by atoms with Crippen LogP contribution in [0.3, 0.4) is 0 Å². The van der Waals surface area contributed by atoms with Gasteiger partial charge in [0, 0.05) is 0 Å². The Kier molecular flexibility index (Phi) is 2.86. The van der Waals surface area contributed by atoms with E-state index >= 15 is 0 Å². The minimum absolute atomic E-state index is 0.0341. The first-order valence-electron chi connectivity index (χ1n) is 7.45. The van der Waals surface area contributed by atoms with Crippen molar-refractivity contribution in [2.24, 2.45) is 11.8 Å². The van der Waals surface area contributed by atoms with Crippen LogP contribution in [0.1, 0.15) is 6.92 Å². The molecule has 0 N–H and O–H groups in total. The number of methoxy groups -OCH3 is 1. The summed E-state index contributed by atoms with van der Waals surface area (Å²) in [5.41, 5.74) is -1.21. The summed E-state index contributed by atoms with van der Waals surface area (Å²) in [7, 11) is 1.39. The fraction of sp³-hybridized carbons (Fsp3) is 0.375. The van der Waals surface area contributed by atoms with E-state index in [2.05, 4.69) is 0 Å². The largest absolute Gasteiger partial charge is 0.496 e. The number of hydrogen-bond acceptors (Lipinski definition) is 6. The number of hydrogen-bond donors (Lipinski definition) is 0. The normalized spacial score (nSPS) is 33.2. The summed E-state index contributed by atoms with van der Waals surface area (Å²) in [5.74, 6) is -1.93. The van der Waals surface area contributed by atoms with E-state index in [9.17, 15) is 19.7 Å². The van der Waals surface area contributed by atoms with Crippen molar-refractivity contribution in [2.45, 2.75) is 18.6 Å². The number of ether oxygens (including phenoxy) is 2. The lowest BCUT2D eigenvalue weighted by Crippen LogP contribution is -2.38. The molecule has 3 aliphatic heterocycles. The molecule has 4 rings (SSSR count). The van der Waals surface area contributed by atoms with E-state index < -0.39 is 40.3 Å². The molecule has 0 unspecified atom stereocenters. The Bertz CT molecular complexity index is 819. The summed E-state index contributed by atoms with van der Waals surface area (Å²) in [5, 5.41) is 11.4. The van der Waals surface area contributed by atoms with Gasteiger partial charge in [0.2, 0.25) is 11.8 Å². The second-order valence-corrected chi connectivity index (χ2v) is 6.25. The zero-order valence-electron chi connectivity index (χ0n) is 13.0. The third kappa shape index (κ3) is 1.71. The van der Waals surface area contributed by atoms with Gasteiger partial charge in [-0.15, -0.1) is 0 Å². The zero-order chi connectivity index (χ0) is 17.2. The van der Waals surface area contributed by atoms with E-state index in [1.165, 1.54) is 25.3 Å². The van der Waals surface area contributed by atoms with Crippen molar-refractivity contribution >= 4 is 23.2 Å². The highest BCUT2D eigenvalue weighted by atomic mass is 16.6. The van der Waals surface area contributed by atoms with Crippen LogP contribution in [0.25, 0.3) is 0 Å². The Morgan fingerprint density at radius 3 is 2.71 bits per heavy atom. The van der Waals surface area contributed by atoms with Crippen molar-refractivity contribution in [1.29, 1.82) is 0 Å². The van der Waals surface area contributed by atoms with Crippen molar-refractivity contribution in [3.05, 3.63) is 40.5 Å². The van der Waals surface area contributed by atoms with Crippen molar-refractivity contribution in [1.82, 2.24) is 0 Å². The molecule has 24 heavy (non-hydrogen) atoms. The maximum Gasteiger partial charge on any atom is 0.297 e. The molecule has 0 saturated carbocycles. The third-order valence-electron chi connectivity index (χ3n) is 4.95. The fourth-order valence-electron chi connectivity index (χ4n) is 3.86. The second-order valence-electron chi connectivity index (χ2n) is 6.25. The SMILES string of the molecule is COc1ccc(N2C(=O)[C@@H]3[C@@H]4C=C[C@@](C)(O4)[C@H]3C2=O)c([N+](=O)[O-])c1. The number of carbonyl (C=O) groups excluding carboxylic acids is 2. The molecule has 1 aromatic rings. The third-order valence-corrected chi connectivity index (χ3v) is 4.95. The van der Waals surface area contributed by atoms with E-state index in [-0.39, 0.29) is 17.1 Å². The molecule has 124 valence electrons. The van der Waals surface area contributed by atoms with Crippen LogP contribution in [0.5, 0.6) is 5.75 Å². The summed E-state index contributed by atoms with van der Waals surface area (Å²) in [6, 6.07) is 4.06. The maximum atomic E-state index is 12.9. The quantitative estimate of drug-likeness (QED) is 0.360. The van der Waals surface area contributed by atoms with E-state index in [0.29, 0.717) is 0 Å². The standard InChI is InChI=1S/C16H14N2O6/c1-16-6-5-11(24-16)12-13(16)15(20)17(14(12)19)9-4-3-8(23-2)7-10(9)18(21)22/h3-7,11-13H,1-2H3/t11-,12+,13+,16+/m0/s1. The first-order valence-corrected chi connectivity index (χ1v) is 7.45. The van der Waals surface area contributed by atoms with Crippen molar-refractivity contribution < 1.29 is 24.0 Å². The molecular formula is C16H14N2O6. The molecule has 2 bridgehead atoms. The predicted molar refractivity (Wildman–Crippen MR) is 81.5 cm³/mol. The maximum absolute atomic E-state index is 12.9. The Morgan fingerprint density at radius 1 is 1.33 bits per heavy atom. The van der Waals surface area contributed by atoms with Crippen LogP contribution >= 0.6 is 0 Å². The molecule has 2 saturated heterocycles. The topological polar surface area (TPSA) is 99.0 Å². The number of rotatable bonds is 3. The lowest BCUT2D eigenvalue weighted by atomic mass is 9.78. The van der Waals surface area contributed by atoms with E-state index in [1.807, 2.05) is 0 Å². The highest BCUT2D eigenvalue weighted by molar-refractivity contribution is 6.24. The molecule has 1 aromatic carbocycles. The van der Waals surface area contributed by atoms with E-state index in [1.54, 1.807) is 19.1 Å². The fourth-order valence-corrected chi connectivity index (χ4v) is 3.86. The minimum Gasteiger partial charge on any atom is -0.496 e. The molecule has 0 aromatic heterocycles. The molecule has 2 fully saturated rings. The van der Waals surface area contributed by atoms with Gasteiger partial charge in [-0.2, -0.15) is 0 Å². The van der Waals surface area contributed by atoms with Crippen LogP contribution in [0.4, 0.5) is 11.4 Å². The summed E-state index contributed by atoms with van der Waals surface area (Å²) < 4.78 is 10.7. The van der Waals surface area contributed by atoms with E-state index in [4.69, 9.17) is 9.47 Å². The summed E-state index contributed by atoms with van der Waals surface area (Å²) in [6.07, 6.45) is 3.10. The van der Waals surface area contributed by atoms with Gasteiger partial charge >= 0.3 is 0 Å². The van der Waals surface area contributed by atoms with Crippen LogP contribution in [0, 0.1) is 22.0 Å². The number of anilines is 1. The van der Waals surface area contributed by atoms with Crippen LogP contribution in [0.15, 0.2) is 30.4 Å². The summed E-state index contributed by atoms with van der Waals surface area (Å²) >= 11 is 0. The first-order chi connectivity index (χ1) is 11.4. The highest BCUT2D eigenvalue weighted by Gasteiger charge is 2.66. The molecule has 3 aliphatic rings. The number of carbonyl (C=O) groups is 2. The van der Waals surface area contributed by atoms with E-state index in [0.717, 1.165) is 4.90 Å². The van der Waals surface area contributed by atoms with Gasteiger partial charge in [-0.3, -0.25) is 19.7 Å². The monoisotopic (exact) mass is 330 g/mol. The summed E-state index contributed by atoms with van der Waals surface area (Å²) in [6.45, 7) is 1.76. The molecule has 0 aliphatic carbocycles. The van der Waals surface area contributed by atoms with Gasteiger partial charge in [-0.05, 0) is 19.1 Å². The lowest BCUT2D eigenvalue weighted by molar-refractivity contribution is -0.384. The number of nitro benzene ring substituents is 1. The van der Waals surface area contributed by atoms with Gasteiger partial charge in [0.1, 0.15) is 11.4 Å². The highest BCUT2D eigenvalue weighted by Crippen LogP contribution is 2.53. The van der Waals surface area contributed by atoms with Gasteiger partial charge in [0.15, 0.2) is 0 Å². The van der Waals surface area contributed by atoms with Gasteiger partial charge in [0.05, 0.1) is 41.6 Å². The molecule has 8 heteroatoms. The summed E-state index contributed by atoms with van der Waals surface area (Å²) in [4.78, 5) is 37.3. The number of imide groups is 1. The smallest absolute Gasteiger partial charge is 0.297 e. The number of fused-ring (bicyclic) bond motifs is 5. The van der Waals surface area contributed by atoms with Crippen LogP contribution in [0.2, 0.25) is 0 Å². The van der Waals surface area contributed by atoms with Crippen LogP contribution in [-0.2, 0) is 14.3 Å². The molecule has 2 amide bonds. The average molecular weight is 330 g/mol. The number of benzene rings is 1. The number of amides is 2. The minimum atomic E-state index is -0.835. The van der Waals surface area contributed by atoms with Crippen LogP contribution < -0.4 is 9.64 Å². The zero-order valence-corrected chi connectivity index (χ0v) is 13.0. The average Bonchev–Trinajstić information content (AvgIpc) is 3.16. The number of nitro groups is 1. The Labute approximate surface area is 136 Å². The van der Waals surface area contributed by atoms with Gasteiger partial charge < -0.3 is 9.47 Å². The molecule has 0 spiro atoms. The number of nitrogens with zero attached hydrogens (tertiary/aromatic N) is 2. The van der Waals surface area contributed by atoms with Crippen molar-refractivity contribution in [3.8, 4) is 5.75 Å².